The van der Waals surface area contributed by atoms with Gasteiger partial charge in [0.1, 0.15) is 6.61 Å². The average molecular weight is 371 g/mol. The van der Waals surface area contributed by atoms with Crippen LogP contribution in [0.25, 0.3) is 0 Å². The van der Waals surface area contributed by atoms with Crippen molar-refractivity contribution >= 4 is 35.2 Å². The number of carbonyl (C=O) groups is 2. The maximum atomic E-state index is 12.3. The number of benzene rings is 1. The number of hydrogen-bond acceptors (Lipinski definition) is 4. The van der Waals surface area contributed by atoms with Crippen LogP contribution < -0.4 is 5.32 Å². The van der Waals surface area contributed by atoms with Crippen LogP contribution in [0.5, 0.6) is 0 Å². The fourth-order valence-corrected chi connectivity index (χ4v) is 3.55. The van der Waals surface area contributed by atoms with Crippen LogP contribution in [0.15, 0.2) is 29.2 Å². The van der Waals surface area contributed by atoms with Gasteiger partial charge in [-0.15, -0.1) is 11.8 Å². The molecule has 0 unspecified atom stereocenters. The molecule has 0 spiro atoms. The molecule has 0 aromatic heterocycles. The zero-order chi connectivity index (χ0) is 17.4. The molecule has 1 aliphatic heterocycles. The summed E-state index contributed by atoms with van der Waals surface area (Å²) in [5, 5.41) is 3.69. The van der Waals surface area contributed by atoms with Gasteiger partial charge >= 0.3 is 0 Å². The molecule has 1 heterocycles. The van der Waals surface area contributed by atoms with Gasteiger partial charge in [-0.1, -0.05) is 11.6 Å². The van der Waals surface area contributed by atoms with Gasteiger partial charge < -0.3 is 15.0 Å². The summed E-state index contributed by atoms with van der Waals surface area (Å²) < 4.78 is 4.88. The van der Waals surface area contributed by atoms with Gasteiger partial charge in [0, 0.05) is 42.4 Å². The van der Waals surface area contributed by atoms with Crippen LogP contribution in [0.4, 0.5) is 0 Å². The third-order valence-corrected chi connectivity index (χ3v) is 5.16. The second-order valence-electron chi connectivity index (χ2n) is 5.71. The monoisotopic (exact) mass is 370 g/mol. The number of nitrogens with one attached hydrogen (secondary N) is 1. The Morgan fingerprint density at radius 3 is 2.83 bits per heavy atom. The zero-order valence-electron chi connectivity index (χ0n) is 13.8. The number of carbonyl (C=O) groups excluding carboxylic acids is 2. The van der Waals surface area contributed by atoms with E-state index in [0.29, 0.717) is 19.6 Å². The van der Waals surface area contributed by atoms with Gasteiger partial charge in [-0.25, -0.2) is 0 Å². The first kappa shape index (κ1) is 19.1. The number of methoxy groups -OCH3 is 1. The number of ether oxygens (including phenoxy) is 1. The van der Waals surface area contributed by atoms with Gasteiger partial charge in [0.25, 0.3) is 0 Å². The molecule has 1 aliphatic rings. The minimum absolute atomic E-state index is 0.0293. The summed E-state index contributed by atoms with van der Waals surface area (Å²) in [6.45, 7) is 1.87. The number of likely N-dealkylation sites (tertiary alicyclic amines) is 1. The maximum Gasteiger partial charge on any atom is 0.248 e. The van der Waals surface area contributed by atoms with E-state index < -0.39 is 0 Å². The second kappa shape index (κ2) is 9.91. The van der Waals surface area contributed by atoms with Crippen LogP contribution in [-0.2, 0) is 14.3 Å². The van der Waals surface area contributed by atoms with Crippen LogP contribution in [0, 0.1) is 5.92 Å². The lowest BCUT2D eigenvalue weighted by atomic mass is 9.97. The molecule has 132 valence electrons. The lowest BCUT2D eigenvalue weighted by Crippen LogP contribution is -2.46. The average Bonchev–Trinajstić information content (AvgIpc) is 2.60. The molecule has 24 heavy (non-hydrogen) atoms. The predicted octanol–water partition coefficient (Wildman–Crippen LogP) is 2.43. The lowest BCUT2D eigenvalue weighted by molar-refractivity contribution is -0.138. The first-order valence-electron chi connectivity index (χ1n) is 8.03. The molecule has 0 saturated carbocycles. The molecule has 1 aromatic rings. The predicted molar refractivity (Wildman–Crippen MR) is 96.4 cm³/mol. The minimum atomic E-state index is -0.125. The molecule has 1 N–H and O–H groups in total. The number of halogens is 1. The van der Waals surface area contributed by atoms with E-state index in [2.05, 4.69) is 5.32 Å². The molecular formula is C17H23ClN2O3S. The van der Waals surface area contributed by atoms with Crippen LogP contribution in [0.2, 0.25) is 5.02 Å². The van der Waals surface area contributed by atoms with Crippen LogP contribution in [-0.4, -0.2) is 55.8 Å². The maximum absolute atomic E-state index is 12.3. The Hall–Kier alpha value is -1.24. The summed E-state index contributed by atoms with van der Waals surface area (Å²) in [6, 6.07) is 7.65. The first-order chi connectivity index (χ1) is 11.6. The van der Waals surface area contributed by atoms with Gasteiger partial charge in [0.05, 0.1) is 5.92 Å². The topological polar surface area (TPSA) is 58.6 Å². The Bertz CT molecular complexity index is 553. The van der Waals surface area contributed by atoms with Crippen molar-refractivity contribution in [3.63, 3.8) is 0 Å². The largest absolute Gasteiger partial charge is 0.375 e. The first-order valence-corrected chi connectivity index (χ1v) is 9.39. The molecule has 0 bridgehead atoms. The number of thioether (sulfide) groups is 1. The van der Waals surface area contributed by atoms with Crippen molar-refractivity contribution in [2.75, 3.05) is 39.1 Å². The van der Waals surface area contributed by atoms with E-state index in [1.807, 2.05) is 24.3 Å². The quantitative estimate of drug-likeness (QED) is 0.591. The fraction of sp³-hybridized carbons (Fsp3) is 0.529. The Kier molecular flexibility index (Phi) is 7.88. The molecule has 1 atom stereocenters. The molecular weight excluding hydrogens is 348 g/mol. The standard InChI is InChI=1S/C17H23ClN2O3S/c1-23-12-16(21)20-9-2-3-13(11-20)17(22)19-8-10-24-15-6-4-14(18)5-7-15/h4-7,13H,2-3,8-12H2,1H3,(H,19,22)/t13-/m0/s1. The van der Waals surface area contributed by atoms with Crippen LogP contribution >= 0.6 is 23.4 Å². The smallest absolute Gasteiger partial charge is 0.248 e. The normalized spacial score (nSPS) is 17.6. The highest BCUT2D eigenvalue weighted by Gasteiger charge is 2.27. The van der Waals surface area contributed by atoms with Crippen LogP contribution in [0.1, 0.15) is 12.8 Å². The number of rotatable bonds is 7. The van der Waals surface area contributed by atoms with E-state index >= 15 is 0 Å². The zero-order valence-corrected chi connectivity index (χ0v) is 15.4. The van der Waals surface area contributed by atoms with Crippen molar-refractivity contribution in [1.29, 1.82) is 0 Å². The summed E-state index contributed by atoms with van der Waals surface area (Å²) in [7, 11) is 1.50. The van der Waals surface area contributed by atoms with Crippen LogP contribution in [0.3, 0.4) is 0 Å². The molecule has 2 amide bonds. The Labute approximate surface area is 152 Å². The van der Waals surface area contributed by atoms with Gasteiger partial charge in [-0.2, -0.15) is 0 Å². The summed E-state index contributed by atoms with van der Waals surface area (Å²) in [4.78, 5) is 27.0. The number of hydrogen-bond donors (Lipinski definition) is 1. The Morgan fingerprint density at radius 1 is 1.38 bits per heavy atom. The SMILES string of the molecule is COCC(=O)N1CCC[C@H](C(=O)NCCSc2ccc(Cl)cc2)C1. The van der Waals surface area contributed by atoms with Crippen molar-refractivity contribution < 1.29 is 14.3 Å². The van der Waals surface area contributed by atoms with Crippen molar-refractivity contribution in [1.82, 2.24) is 10.2 Å². The number of nitrogens with zero attached hydrogens (tertiary/aromatic N) is 1. The molecule has 1 fully saturated rings. The van der Waals surface area contributed by atoms with Crippen molar-refractivity contribution in [3.8, 4) is 0 Å². The Morgan fingerprint density at radius 2 is 2.12 bits per heavy atom. The van der Waals surface area contributed by atoms with E-state index in [0.717, 1.165) is 28.5 Å². The van der Waals surface area contributed by atoms with E-state index in [9.17, 15) is 9.59 Å². The molecule has 5 nitrogen and oxygen atoms in total. The lowest BCUT2D eigenvalue weighted by Gasteiger charge is -2.31. The Balaban J connectivity index is 1.69. The van der Waals surface area contributed by atoms with Crippen molar-refractivity contribution in [2.45, 2.75) is 17.7 Å². The highest BCUT2D eigenvalue weighted by atomic mass is 35.5. The van der Waals surface area contributed by atoms with E-state index in [4.69, 9.17) is 16.3 Å². The highest BCUT2D eigenvalue weighted by molar-refractivity contribution is 7.99. The summed E-state index contributed by atoms with van der Waals surface area (Å²) in [5.74, 6) is 0.655. The molecule has 2 rings (SSSR count). The van der Waals surface area contributed by atoms with Gasteiger partial charge in [0.15, 0.2) is 0 Å². The summed E-state index contributed by atoms with van der Waals surface area (Å²) in [6.07, 6.45) is 1.68. The highest BCUT2D eigenvalue weighted by Crippen LogP contribution is 2.20. The van der Waals surface area contributed by atoms with Gasteiger partial charge in [-0.05, 0) is 37.1 Å². The van der Waals surface area contributed by atoms with E-state index in [1.165, 1.54) is 7.11 Å². The van der Waals surface area contributed by atoms with E-state index in [-0.39, 0.29) is 24.3 Å². The van der Waals surface area contributed by atoms with Crippen molar-refractivity contribution in [3.05, 3.63) is 29.3 Å². The molecule has 1 saturated heterocycles. The summed E-state index contributed by atoms with van der Waals surface area (Å²) >= 11 is 7.53. The fourth-order valence-electron chi connectivity index (χ4n) is 2.65. The number of piperidine rings is 1. The second-order valence-corrected chi connectivity index (χ2v) is 7.31. The molecule has 1 aromatic carbocycles. The molecule has 7 heteroatoms. The van der Waals surface area contributed by atoms with Gasteiger partial charge in [0.2, 0.25) is 11.8 Å². The third-order valence-electron chi connectivity index (χ3n) is 3.90. The summed E-state index contributed by atoms with van der Waals surface area (Å²) in [5.41, 5.74) is 0. The van der Waals surface area contributed by atoms with Gasteiger partial charge in [-0.3, -0.25) is 9.59 Å². The molecule has 0 radical (unpaired) electrons. The third kappa shape index (κ3) is 6.00. The van der Waals surface area contributed by atoms with Crippen molar-refractivity contribution in [2.24, 2.45) is 5.92 Å². The number of amides is 2. The molecule has 0 aliphatic carbocycles. The minimum Gasteiger partial charge on any atom is -0.375 e. The van der Waals surface area contributed by atoms with E-state index in [1.54, 1.807) is 16.7 Å².